The summed E-state index contributed by atoms with van der Waals surface area (Å²) in [5.41, 5.74) is 1.17. The van der Waals surface area contributed by atoms with Crippen molar-refractivity contribution in [3.63, 3.8) is 0 Å². The Morgan fingerprint density at radius 3 is 2.60 bits per heavy atom. The lowest BCUT2D eigenvalue weighted by Crippen LogP contribution is -2.05. The number of hydrogen-bond acceptors (Lipinski definition) is 3. The Labute approximate surface area is 92.9 Å². The van der Waals surface area contributed by atoms with Gasteiger partial charge in [-0.15, -0.1) is 0 Å². The van der Waals surface area contributed by atoms with Crippen molar-refractivity contribution < 1.29 is 9.53 Å². The van der Waals surface area contributed by atoms with E-state index >= 15 is 0 Å². The van der Waals surface area contributed by atoms with Crippen molar-refractivity contribution in [2.24, 2.45) is 10.9 Å². The quantitative estimate of drug-likeness (QED) is 0.370. The maximum Gasteiger partial charge on any atom is 0.305 e. The predicted octanol–water partition coefficient (Wildman–Crippen LogP) is 2.84. The summed E-state index contributed by atoms with van der Waals surface area (Å²) in [5.74, 6) is 0.535. The highest BCUT2D eigenvalue weighted by Crippen LogP contribution is 2.02. The predicted molar refractivity (Wildman–Crippen MR) is 63.3 cm³/mol. The second-order valence-electron chi connectivity index (χ2n) is 4.12. The summed E-state index contributed by atoms with van der Waals surface area (Å²) >= 11 is 0. The SMILES string of the molecule is CCOC(=O)CCCN=C(C)CC(C)C. The molecule has 0 aromatic carbocycles. The minimum Gasteiger partial charge on any atom is -0.466 e. The van der Waals surface area contributed by atoms with E-state index in [0.29, 0.717) is 18.9 Å². The second kappa shape index (κ2) is 8.45. The summed E-state index contributed by atoms with van der Waals surface area (Å²) in [5, 5.41) is 0. The Bertz CT molecular complexity index is 210. The average Bonchev–Trinajstić information content (AvgIpc) is 2.12. The molecule has 0 heterocycles. The first-order valence-electron chi connectivity index (χ1n) is 5.71. The van der Waals surface area contributed by atoms with Crippen LogP contribution in [0.2, 0.25) is 0 Å². The van der Waals surface area contributed by atoms with Gasteiger partial charge in [-0.25, -0.2) is 0 Å². The van der Waals surface area contributed by atoms with E-state index in [-0.39, 0.29) is 5.97 Å². The molecule has 0 aromatic rings. The number of carbonyl (C=O) groups excluding carboxylic acids is 1. The van der Waals surface area contributed by atoms with E-state index in [2.05, 4.69) is 18.8 Å². The van der Waals surface area contributed by atoms with E-state index in [1.165, 1.54) is 5.71 Å². The van der Waals surface area contributed by atoms with E-state index in [4.69, 9.17) is 4.74 Å². The zero-order valence-corrected chi connectivity index (χ0v) is 10.4. The fraction of sp³-hybridized carbons (Fsp3) is 0.833. The topological polar surface area (TPSA) is 38.7 Å². The van der Waals surface area contributed by atoms with E-state index < -0.39 is 0 Å². The Kier molecular flexibility index (Phi) is 7.96. The Morgan fingerprint density at radius 2 is 2.07 bits per heavy atom. The number of esters is 1. The second-order valence-corrected chi connectivity index (χ2v) is 4.12. The van der Waals surface area contributed by atoms with Gasteiger partial charge in [0.1, 0.15) is 0 Å². The minimum atomic E-state index is -0.116. The molecule has 3 heteroatoms. The molecule has 0 atom stereocenters. The molecule has 0 radical (unpaired) electrons. The first kappa shape index (κ1) is 14.1. The number of rotatable bonds is 7. The zero-order chi connectivity index (χ0) is 11.7. The van der Waals surface area contributed by atoms with Crippen LogP contribution >= 0.6 is 0 Å². The lowest BCUT2D eigenvalue weighted by atomic mass is 10.1. The highest BCUT2D eigenvalue weighted by atomic mass is 16.5. The molecule has 0 amide bonds. The van der Waals surface area contributed by atoms with Crippen LogP contribution in [0.5, 0.6) is 0 Å². The summed E-state index contributed by atoms with van der Waals surface area (Å²) in [6, 6.07) is 0. The third-order valence-electron chi connectivity index (χ3n) is 1.93. The van der Waals surface area contributed by atoms with Crippen LogP contribution in [-0.4, -0.2) is 24.8 Å². The van der Waals surface area contributed by atoms with E-state index in [0.717, 1.165) is 19.4 Å². The van der Waals surface area contributed by atoms with Crippen molar-refractivity contribution >= 4 is 11.7 Å². The van der Waals surface area contributed by atoms with Crippen molar-refractivity contribution in [1.29, 1.82) is 0 Å². The van der Waals surface area contributed by atoms with Gasteiger partial charge >= 0.3 is 5.97 Å². The summed E-state index contributed by atoms with van der Waals surface area (Å²) in [7, 11) is 0. The van der Waals surface area contributed by atoms with Gasteiger partial charge in [0, 0.05) is 18.7 Å². The fourth-order valence-corrected chi connectivity index (χ4v) is 1.38. The highest BCUT2D eigenvalue weighted by molar-refractivity contribution is 5.82. The highest BCUT2D eigenvalue weighted by Gasteiger charge is 2.00. The molecule has 0 aliphatic carbocycles. The van der Waals surface area contributed by atoms with Crippen molar-refractivity contribution in [2.45, 2.75) is 47.0 Å². The van der Waals surface area contributed by atoms with Crippen LogP contribution in [-0.2, 0) is 9.53 Å². The lowest BCUT2D eigenvalue weighted by Gasteiger charge is -2.04. The summed E-state index contributed by atoms with van der Waals surface area (Å²) in [6.07, 6.45) is 2.31. The number of nitrogens with zero attached hydrogens (tertiary/aromatic N) is 1. The molecule has 0 saturated heterocycles. The molecule has 0 aliphatic rings. The molecule has 0 aliphatic heterocycles. The lowest BCUT2D eigenvalue weighted by molar-refractivity contribution is -0.143. The van der Waals surface area contributed by atoms with Crippen LogP contribution in [0.3, 0.4) is 0 Å². The molecule has 0 saturated carbocycles. The average molecular weight is 213 g/mol. The molecular weight excluding hydrogens is 190 g/mol. The number of ether oxygens (including phenoxy) is 1. The van der Waals surface area contributed by atoms with Crippen molar-refractivity contribution in [1.82, 2.24) is 0 Å². The molecule has 15 heavy (non-hydrogen) atoms. The van der Waals surface area contributed by atoms with Gasteiger partial charge in [-0.05, 0) is 32.6 Å². The number of aliphatic imine (C=N–C) groups is 1. The molecule has 3 nitrogen and oxygen atoms in total. The van der Waals surface area contributed by atoms with E-state index in [1.807, 2.05) is 13.8 Å². The van der Waals surface area contributed by atoms with E-state index in [9.17, 15) is 4.79 Å². The molecule has 0 N–H and O–H groups in total. The van der Waals surface area contributed by atoms with Gasteiger partial charge in [0.05, 0.1) is 6.61 Å². The minimum absolute atomic E-state index is 0.116. The summed E-state index contributed by atoms with van der Waals surface area (Å²) in [6.45, 7) is 9.42. The van der Waals surface area contributed by atoms with Crippen LogP contribution in [0.1, 0.15) is 47.0 Å². The van der Waals surface area contributed by atoms with Crippen molar-refractivity contribution in [2.75, 3.05) is 13.2 Å². The van der Waals surface area contributed by atoms with Gasteiger partial charge in [-0.1, -0.05) is 13.8 Å². The first-order chi connectivity index (χ1) is 7.06. The van der Waals surface area contributed by atoms with E-state index in [1.54, 1.807) is 0 Å². The Morgan fingerprint density at radius 1 is 1.40 bits per heavy atom. The van der Waals surface area contributed by atoms with Crippen LogP contribution in [0.4, 0.5) is 0 Å². The maximum absolute atomic E-state index is 11.0. The van der Waals surface area contributed by atoms with Gasteiger partial charge in [0.15, 0.2) is 0 Å². The van der Waals surface area contributed by atoms with Crippen LogP contribution in [0.15, 0.2) is 4.99 Å². The zero-order valence-electron chi connectivity index (χ0n) is 10.4. The first-order valence-corrected chi connectivity index (χ1v) is 5.71. The van der Waals surface area contributed by atoms with Crippen molar-refractivity contribution in [3.8, 4) is 0 Å². The Hall–Kier alpha value is -0.860. The monoisotopic (exact) mass is 213 g/mol. The molecular formula is C12H23NO2. The smallest absolute Gasteiger partial charge is 0.305 e. The molecule has 0 bridgehead atoms. The third kappa shape index (κ3) is 9.44. The van der Waals surface area contributed by atoms with Gasteiger partial charge < -0.3 is 4.74 Å². The Balaban J connectivity index is 3.56. The van der Waals surface area contributed by atoms with Gasteiger partial charge in [-0.2, -0.15) is 0 Å². The number of carbonyl (C=O) groups is 1. The third-order valence-corrected chi connectivity index (χ3v) is 1.93. The molecule has 0 unspecified atom stereocenters. The standard InChI is InChI=1S/C12H23NO2/c1-5-15-12(14)7-6-8-13-11(4)9-10(2)3/h10H,5-9H2,1-4H3. The largest absolute Gasteiger partial charge is 0.466 e. The molecule has 0 rings (SSSR count). The molecule has 0 aromatic heterocycles. The molecule has 0 fully saturated rings. The molecule has 88 valence electrons. The summed E-state index contributed by atoms with van der Waals surface area (Å²) in [4.78, 5) is 15.4. The fourth-order valence-electron chi connectivity index (χ4n) is 1.38. The molecule has 0 spiro atoms. The normalized spacial score (nSPS) is 11.9. The van der Waals surface area contributed by atoms with Gasteiger partial charge in [0.25, 0.3) is 0 Å². The summed E-state index contributed by atoms with van der Waals surface area (Å²) < 4.78 is 4.83. The maximum atomic E-state index is 11.0. The van der Waals surface area contributed by atoms with Crippen LogP contribution in [0.25, 0.3) is 0 Å². The van der Waals surface area contributed by atoms with Gasteiger partial charge in [0.2, 0.25) is 0 Å². The van der Waals surface area contributed by atoms with Crippen LogP contribution in [0, 0.1) is 5.92 Å². The number of hydrogen-bond donors (Lipinski definition) is 0. The van der Waals surface area contributed by atoms with Crippen molar-refractivity contribution in [3.05, 3.63) is 0 Å². The van der Waals surface area contributed by atoms with Crippen LogP contribution < -0.4 is 0 Å². The van der Waals surface area contributed by atoms with Gasteiger partial charge in [-0.3, -0.25) is 9.79 Å².